The third-order valence-electron chi connectivity index (χ3n) is 2.51. The summed E-state index contributed by atoms with van der Waals surface area (Å²) >= 11 is 0. The minimum atomic E-state index is -0.715. The van der Waals surface area contributed by atoms with Crippen molar-refractivity contribution in [2.45, 2.75) is 12.5 Å². The first kappa shape index (κ1) is 11.5. The maximum Gasteiger partial charge on any atom is 0.216 e. The number of ether oxygens (including phenoxy) is 1. The van der Waals surface area contributed by atoms with Crippen molar-refractivity contribution < 1.29 is 9.84 Å². The number of aliphatic hydroxyl groups excluding tert-OH is 1. The minimum Gasteiger partial charge on any atom is -0.481 e. The zero-order valence-corrected chi connectivity index (χ0v) is 9.74. The van der Waals surface area contributed by atoms with Crippen LogP contribution in [0.2, 0.25) is 0 Å². The molecule has 0 fully saturated rings. The Bertz CT molecular complexity index is 498. The monoisotopic (exact) mass is 234 g/mol. The molecule has 90 valence electrons. The van der Waals surface area contributed by atoms with Gasteiger partial charge in [0, 0.05) is 31.9 Å². The van der Waals surface area contributed by atoms with Crippen molar-refractivity contribution in [3.63, 3.8) is 0 Å². The normalized spacial score (nSPS) is 12.4. The number of aryl methyl sites for hydroxylation is 1. The van der Waals surface area contributed by atoms with Gasteiger partial charge in [-0.1, -0.05) is 0 Å². The van der Waals surface area contributed by atoms with E-state index in [0.29, 0.717) is 18.0 Å². The molecule has 6 nitrogen and oxygen atoms in total. The number of rotatable bonds is 4. The third kappa shape index (κ3) is 2.59. The maximum atomic E-state index is 10.0. The summed E-state index contributed by atoms with van der Waals surface area (Å²) in [7, 11) is 3.41. The van der Waals surface area contributed by atoms with Crippen LogP contribution in [0.3, 0.4) is 0 Å². The van der Waals surface area contributed by atoms with E-state index in [2.05, 4.69) is 15.0 Å². The van der Waals surface area contributed by atoms with Crippen LogP contribution in [0, 0.1) is 0 Å². The molecular weight excluding hydrogens is 220 g/mol. The average molecular weight is 234 g/mol. The van der Waals surface area contributed by atoms with Gasteiger partial charge < -0.3 is 14.4 Å². The predicted molar refractivity (Wildman–Crippen MR) is 60.5 cm³/mol. The van der Waals surface area contributed by atoms with Crippen molar-refractivity contribution in [3.05, 3.63) is 36.3 Å². The van der Waals surface area contributed by atoms with Crippen LogP contribution in [0.25, 0.3) is 0 Å². The van der Waals surface area contributed by atoms with E-state index in [1.54, 1.807) is 12.3 Å². The Morgan fingerprint density at radius 2 is 2.24 bits per heavy atom. The van der Waals surface area contributed by atoms with E-state index in [1.165, 1.54) is 13.4 Å². The largest absolute Gasteiger partial charge is 0.481 e. The molecule has 0 bridgehead atoms. The summed E-state index contributed by atoms with van der Waals surface area (Å²) < 4.78 is 6.84. The summed E-state index contributed by atoms with van der Waals surface area (Å²) in [6.07, 6.45) is 4.60. The lowest BCUT2D eigenvalue weighted by atomic mass is 10.1. The Balaban J connectivity index is 2.14. The number of imidazole rings is 1. The lowest BCUT2D eigenvalue weighted by molar-refractivity contribution is 0.169. The lowest BCUT2D eigenvalue weighted by Crippen LogP contribution is -2.08. The molecule has 2 heterocycles. The van der Waals surface area contributed by atoms with Crippen LogP contribution in [-0.2, 0) is 13.5 Å². The molecule has 2 aromatic rings. The number of hydrogen-bond acceptors (Lipinski definition) is 5. The Morgan fingerprint density at radius 3 is 2.88 bits per heavy atom. The molecule has 0 saturated heterocycles. The quantitative estimate of drug-likeness (QED) is 0.833. The zero-order chi connectivity index (χ0) is 12.3. The number of hydrogen-bond donors (Lipinski definition) is 1. The fourth-order valence-corrected chi connectivity index (χ4v) is 1.52. The second-order valence-electron chi connectivity index (χ2n) is 3.66. The molecule has 0 aliphatic rings. The predicted octanol–water partition coefficient (Wildman–Crippen LogP) is 0.495. The Labute approximate surface area is 98.9 Å². The fourth-order valence-electron chi connectivity index (χ4n) is 1.52. The topological polar surface area (TPSA) is 73.1 Å². The van der Waals surface area contributed by atoms with Crippen molar-refractivity contribution in [2.24, 2.45) is 7.05 Å². The van der Waals surface area contributed by atoms with Crippen LogP contribution in [0.5, 0.6) is 5.88 Å². The van der Waals surface area contributed by atoms with Crippen molar-refractivity contribution in [2.75, 3.05) is 7.11 Å². The van der Waals surface area contributed by atoms with Gasteiger partial charge in [-0.05, 0) is 0 Å². The van der Waals surface area contributed by atoms with Gasteiger partial charge in [0.1, 0.15) is 18.3 Å². The molecule has 1 N–H and O–H groups in total. The molecule has 6 heteroatoms. The van der Waals surface area contributed by atoms with Crippen molar-refractivity contribution in [1.82, 2.24) is 19.5 Å². The molecule has 2 rings (SSSR count). The summed E-state index contributed by atoms with van der Waals surface area (Å²) in [5.74, 6) is 1.24. The summed E-state index contributed by atoms with van der Waals surface area (Å²) in [5, 5.41) is 10.0. The molecule has 1 atom stereocenters. The van der Waals surface area contributed by atoms with Crippen molar-refractivity contribution in [1.29, 1.82) is 0 Å². The maximum absolute atomic E-state index is 10.0. The van der Waals surface area contributed by atoms with Crippen LogP contribution in [-0.4, -0.2) is 31.7 Å². The van der Waals surface area contributed by atoms with E-state index >= 15 is 0 Å². The van der Waals surface area contributed by atoms with Crippen molar-refractivity contribution >= 4 is 0 Å². The van der Waals surface area contributed by atoms with Gasteiger partial charge in [0.15, 0.2) is 0 Å². The fraction of sp³-hybridized carbons (Fsp3) is 0.364. The van der Waals surface area contributed by atoms with Gasteiger partial charge in [-0.25, -0.2) is 15.0 Å². The number of aromatic nitrogens is 4. The van der Waals surface area contributed by atoms with Crippen LogP contribution >= 0.6 is 0 Å². The van der Waals surface area contributed by atoms with Crippen molar-refractivity contribution in [3.8, 4) is 5.88 Å². The van der Waals surface area contributed by atoms with E-state index < -0.39 is 6.10 Å². The average Bonchev–Trinajstić information content (AvgIpc) is 2.75. The first-order valence-corrected chi connectivity index (χ1v) is 5.21. The summed E-state index contributed by atoms with van der Waals surface area (Å²) in [6.45, 7) is 0. The second-order valence-corrected chi connectivity index (χ2v) is 3.66. The Morgan fingerprint density at radius 1 is 1.41 bits per heavy atom. The molecule has 2 aromatic heterocycles. The van der Waals surface area contributed by atoms with Crippen LogP contribution in [0.15, 0.2) is 24.8 Å². The van der Waals surface area contributed by atoms with Crippen LogP contribution < -0.4 is 4.74 Å². The first-order chi connectivity index (χ1) is 8.20. The van der Waals surface area contributed by atoms with Gasteiger partial charge in [-0.3, -0.25) is 0 Å². The summed E-state index contributed by atoms with van der Waals surface area (Å²) in [4.78, 5) is 12.1. The molecular formula is C11H14N4O2. The van der Waals surface area contributed by atoms with Crippen LogP contribution in [0.1, 0.15) is 17.6 Å². The minimum absolute atomic E-state index is 0.406. The van der Waals surface area contributed by atoms with Crippen LogP contribution in [0.4, 0.5) is 0 Å². The highest BCUT2D eigenvalue weighted by Crippen LogP contribution is 2.17. The highest BCUT2D eigenvalue weighted by Gasteiger charge is 2.13. The Kier molecular flexibility index (Phi) is 3.34. The third-order valence-corrected chi connectivity index (χ3v) is 2.51. The Hall–Kier alpha value is -1.95. The number of methoxy groups -OCH3 is 1. The molecule has 0 saturated carbocycles. The van der Waals surface area contributed by atoms with Gasteiger partial charge in [-0.15, -0.1) is 0 Å². The molecule has 0 amide bonds. The van der Waals surface area contributed by atoms with Gasteiger partial charge in [0.25, 0.3) is 0 Å². The number of nitrogens with zero attached hydrogens (tertiary/aromatic N) is 4. The van der Waals surface area contributed by atoms with E-state index in [4.69, 9.17) is 4.74 Å². The SMILES string of the molecule is COc1cc(C(O)Cc2nccn2C)ncn1. The van der Waals surface area contributed by atoms with E-state index in [0.717, 1.165) is 5.82 Å². The van der Waals surface area contributed by atoms with E-state index in [9.17, 15) is 5.11 Å². The molecule has 0 aliphatic heterocycles. The second kappa shape index (κ2) is 4.92. The van der Waals surface area contributed by atoms with Gasteiger partial charge in [0.05, 0.1) is 12.8 Å². The molecule has 0 aromatic carbocycles. The van der Waals surface area contributed by atoms with E-state index in [-0.39, 0.29) is 0 Å². The molecule has 0 spiro atoms. The lowest BCUT2D eigenvalue weighted by Gasteiger charge is -2.10. The molecule has 1 unspecified atom stereocenters. The molecule has 0 radical (unpaired) electrons. The van der Waals surface area contributed by atoms with Gasteiger partial charge >= 0.3 is 0 Å². The highest BCUT2D eigenvalue weighted by atomic mass is 16.5. The summed E-state index contributed by atoms with van der Waals surface area (Å²) in [5.41, 5.74) is 0.528. The standard InChI is InChI=1S/C11H14N4O2/c1-15-4-3-12-10(15)6-9(16)8-5-11(17-2)14-7-13-8/h3-5,7,9,16H,6H2,1-2H3. The molecule has 17 heavy (non-hydrogen) atoms. The van der Waals surface area contributed by atoms with E-state index in [1.807, 2.05) is 17.8 Å². The van der Waals surface area contributed by atoms with Gasteiger partial charge in [0.2, 0.25) is 5.88 Å². The first-order valence-electron chi connectivity index (χ1n) is 5.21. The summed E-state index contributed by atoms with van der Waals surface area (Å²) in [6, 6.07) is 1.62. The molecule has 0 aliphatic carbocycles. The van der Waals surface area contributed by atoms with Gasteiger partial charge in [-0.2, -0.15) is 0 Å². The smallest absolute Gasteiger partial charge is 0.216 e. The highest BCUT2D eigenvalue weighted by molar-refractivity contribution is 5.16. The number of aliphatic hydroxyl groups is 1. The zero-order valence-electron chi connectivity index (χ0n) is 9.74.